The fraction of sp³-hybridized carbons (Fsp3) is 1.00. The third-order valence-electron chi connectivity index (χ3n) is 3.43. The quantitative estimate of drug-likeness (QED) is 0.650. The Balaban J connectivity index is 1.90. The molecule has 0 aliphatic heterocycles. The van der Waals surface area contributed by atoms with Gasteiger partial charge in [-0.15, -0.1) is 0 Å². The number of nitrogens with zero attached hydrogens (tertiary/aromatic N) is 1. The van der Waals surface area contributed by atoms with Crippen molar-refractivity contribution in [2.45, 2.75) is 51.3 Å². The average Bonchev–Trinajstić information content (AvgIpc) is 2.14. The van der Waals surface area contributed by atoms with Crippen LogP contribution in [0.5, 0.6) is 0 Å². The highest BCUT2D eigenvalue weighted by Gasteiger charge is 2.27. The Hall–Kier alpha value is -0.120. The molecular weight excluding hydrogens is 188 g/mol. The lowest BCUT2D eigenvalue weighted by atomic mass is 9.89. The number of hydrogen-bond acceptors (Lipinski definition) is 3. The van der Waals surface area contributed by atoms with Crippen molar-refractivity contribution in [3.05, 3.63) is 0 Å². The first kappa shape index (κ1) is 12.9. The largest absolute Gasteiger partial charge is 0.381 e. The second-order valence-corrected chi connectivity index (χ2v) is 4.91. The van der Waals surface area contributed by atoms with Crippen LogP contribution in [0.1, 0.15) is 33.1 Å². The smallest absolute Gasteiger partial charge is 0.0601 e. The van der Waals surface area contributed by atoms with Crippen molar-refractivity contribution in [2.75, 3.05) is 27.2 Å². The van der Waals surface area contributed by atoms with Gasteiger partial charge in [0, 0.05) is 19.2 Å². The molecular formula is C12H26N2O. The molecule has 0 aromatic carbocycles. The highest BCUT2D eigenvalue weighted by atomic mass is 16.5. The van der Waals surface area contributed by atoms with E-state index in [0.29, 0.717) is 18.2 Å². The van der Waals surface area contributed by atoms with Gasteiger partial charge in [0.1, 0.15) is 0 Å². The summed E-state index contributed by atoms with van der Waals surface area (Å²) in [5, 5.41) is 3.57. The predicted octanol–water partition coefficient (Wildman–Crippen LogP) is 1.48. The molecule has 0 radical (unpaired) electrons. The molecule has 0 atom stereocenters. The molecule has 1 aliphatic rings. The number of hydrogen-bond donors (Lipinski definition) is 1. The lowest BCUT2D eigenvalue weighted by Crippen LogP contribution is -2.45. The van der Waals surface area contributed by atoms with Crippen LogP contribution in [0.3, 0.4) is 0 Å². The molecule has 1 fully saturated rings. The maximum atomic E-state index is 5.24. The molecule has 0 bridgehead atoms. The van der Waals surface area contributed by atoms with Gasteiger partial charge < -0.3 is 15.0 Å². The predicted molar refractivity (Wildman–Crippen MR) is 64.2 cm³/mol. The van der Waals surface area contributed by atoms with Crippen molar-refractivity contribution in [1.29, 1.82) is 0 Å². The second-order valence-electron chi connectivity index (χ2n) is 4.91. The van der Waals surface area contributed by atoms with E-state index in [4.69, 9.17) is 4.74 Å². The first-order valence-electron chi connectivity index (χ1n) is 6.10. The van der Waals surface area contributed by atoms with Gasteiger partial charge in [0.25, 0.3) is 0 Å². The van der Waals surface area contributed by atoms with E-state index >= 15 is 0 Å². The van der Waals surface area contributed by atoms with Crippen molar-refractivity contribution in [3.8, 4) is 0 Å². The monoisotopic (exact) mass is 214 g/mol. The van der Waals surface area contributed by atoms with E-state index in [1.165, 1.54) is 25.8 Å². The average molecular weight is 214 g/mol. The molecule has 1 N–H and O–H groups in total. The molecule has 1 saturated carbocycles. The zero-order chi connectivity index (χ0) is 11.3. The van der Waals surface area contributed by atoms with Gasteiger partial charge in [-0.25, -0.2) is 0 Å². The summed E-state index contributed by atoms with van der Waals surface area (Å²) in [7, 11) is 3.99. The van der Waals surface area contributed by atoms with Crippen LogP contribution in [-0.2, 0) is 4.74 Å². The Morgan fingerprint density at radius 3 is 2.60 bits per heavy atom. The van der Waals surface area contributed by atoms with Crippen molar-refractivity contribution in [1.82, 2.24) is 10.2 Å². The SMILES string of the molecule is COC1CC(NCCCN(C)C(C)C)C1. The Morgan fingerprint density at radius 2 is 2.07 bits per heavy atom. The van der Waals surface area contributed by atoms with E-state index in [1.54, 1.807) is 7.11 Å². The maximum Gasteiger partial charge on any atom is 0.0601 e. The summed E-state index contributed by atoms with van der Waals surface area (Å²) in [4.78, 5) is 2.39. The molecule has 1 rings (SSSR count). The van der Waals surface area contributed by atoms with Gasteiger partial charge in [-0.2, -0.15) is 0 Å². The molecule has 0 aromatic rings. The molecule has 0 amide bonds. The number of ether oxygens (including phenoxy) is 1. The van der Waals surface area contributed by atoms with Gasteiger partial charge >= 0.3 is 0 Å². The molecule has 0 unspecified atom stereocenters. The standard InChI is InChI=1S/C12H26N2O/c1-10(2)14(3)7-5-6-13-11-8-12(9-11)15-4/h10-13H,5-9H2,1-4H3. The molecule has 3 heteroatoms. The summed E-state index contributed by atoms with van der Waals surface area (Å²) in [5.41, 5.74) is 0. The fourth-order valence-corrected chi connectivity index (χ4v) is 1.82. The van der Waals surface area contributed by atoms with Crippen LogP contribution >= 0.6 is 0 Å². The van der Waals surface area contributed by atoms with E-state index in [9.17, 15) is 0 Å². The zero-order valence-corrected chi connectivity index (χ0v) is 10.6. The van der Waals surface area contributed by atoms with Crippen molar-refractivity contribution < 1.29 is 4.74 Å². The minimum atomic E-state index is 0.515. The summed E-state index contributed by atoms with van der Waals surface area (Å²) in [6.45, 7) is 6.80. The summed E-state index contributed by atoms with van der Waals surface area (Å²) in [6, 6.07) is 1.37. The summed E-state index contributed by atoms with van der Waals surface area (Å²) in [5.74, 6) is 0. The first-order chi connectivity index (χ1) is 7.13. The minimum Gasteiger partial charge on any atom is -0.381 e. The van der Waals surface area contributed by atoms with Crippen LogP contribution in [0.2, 0.25) is 0 Å². The molecule has 3 nitrogen and oxygen atoms in total. The molecule has 0 saturated heterocycles. The van der Waals surface area contributed by atoms with Crippen molar-refractivity contribution in [3.63, 3.8) is 0 Å². The third-order valence-corrected chi connectivity index (χ3v) is 3.43. The second kappa shape index (κ2) is 6.46. The Bertz CT molecular complexity index is 167. The minimum absolute atomic E-state index is 0.515. The van der Waals surface area contributed by atoms with Crippen LogP contribution in [0.25, 0.3) is 0 Å². The summed E-state index contributed by atoms with van der Waals surface area (Å²) >= 11 is 0. The molecule has 0 aromatic heterocycles. The van der Waals surface area contributed by atoms with Gasteiger partial charge in [-0.3, -0.25) is 0 Å². The normalized spacial score (nSPS) is 26.0. The highest BCUT2D eigenvalue weighted by Crippen LogP contribution is 2.22. The van der Waals surface area contributed by atoms with E-state index in [2.05, 4.69) is 31.1 Å². The number of nitrogens with one attached hydrogen (secondary N) is 1. The fourth-order valence-electron chi connectivity index (χ4n) is 1.82. The van der Waals surface area contributed by atoms with E-state index in [0.717, 1.165) is 6.54 Å². The van der Waals surface area contributed by atoms with Crippen LogP contribution in [0.4, 0.5) is 0 Å². The van der Waals surface area contributed by atoms with Crippen LogP contribution < -0.4 is 5.32 Å². The Labute approximate surface area is 94.2 Å². The maximum absolute atomic E-state index is 5.24. The molecule has 15 heavy (non-hydrogen) atoms. The third kappa shape index (κ3) is 4.49. The van der Waals surface area contributed by atoms with Crippen LogP contribution in [-0.4, -0.2) is 50.3 Å². The van der Waals surface area contributed by atoms with Gasteiger partial charge in [0.15, 0.2) is 0 Å². The first-order valence-corrected chi connectivity index (χ1v) is 6.10. The summed E-state index contributed by atoms with van der Waals surface area (Å²) in [6.07, 6.45) is 4.14. The highest BCUT2D eigenvalue weighted by molar-refractivity contribution is 4.85. The van der Waals surface area contributed by atoms with Crippen molar-refractivity contribution in [2.24, 2.45) is 0 Å². The van der Waals surface area contributed by atoms with Crippen molar-refractivity contribution >= 4 is 0 Å². The lowest BCUT2D eigenvalue weighted by molar-refractivity contribution is 0.0173. The summed E-state index contributed by atoms with van der Waals surface area (Å²) < 4.78 is 5.24. The molecule has 0 spiro atoms. The number of rotatable bonds is 7. The lowest BCUT2D eigenvalue weighted by Gasteiger charge is -2.35. The molecule has 90 valence electrons. The molecule has 0 heterocycles. The van der Waals surface area contributed by atoms with Crippen LogP contribution in [0.15, 0.2) is 0 Å². The van der Waals surface area contributed by atoms with E-state index < -0.39 is 0 Å². The molecule has 1 aliphatic carbocycles. The van der Waals surface area contributed by atoms with Gasteiger partial charge in [-0.1, -0.05) is 0 Å². The van der Waals surface area contributed by atoms with Gasteiger partial charge in [0.2, 0.25) is 0 Å². The Morgan fingerprint density at radius 1 is 1.40 bits per heavy atom. The van der Waals surface area contributed by atoms with Gasteiger partial charge in [-0.05, 0) is 53.2 Å². The topological polar surface area (TPSA) is 24.5 Å². The zero-order valence-electron chi connectivity index (χ0n) is 10.6. The van der Waals surface area contributed by atoms with E-state index in [1.807, 2.05) is 0 Å². The van der Waals surface area contributed by atoms with Gasteiger partial charge in [0.05, 0.1) is 6.10 Å². The van der Waals surface area contributed by atoms with E-state index in [-0.39, 0.29) is 0 Å². The number of methoxy groups -OCH3 is 1. The Kier molecular flexibility index (Phi) is 5.58. The van der Waals surface area contributed by atoms with Crippen LogP contribution in [0, 0.1) is 0 Å².